The number of hydrogen-bond acceptors (Lipinski definition) is 4. The number of carboxylic acid groups (broad SMARTS) is 1. The minimum absolute atomic E-state index is 0.292. The maximum Gasteiger partial charge on any atom is 0.334 e. The molecule has 0 bridgehead atoms. The van der Waals surface area contributed by atoms with Crippen molar-refractivity contribution in [3.05, 3.63) is 0 Å². The lowest BCUT2D eigenvalue weighted by Crippen LogP contribution is -2.40. The topological polar surface area (TPSA) is 147 Å². The number of hydrogen-bond donors (Lipinski definition) is 4. The Hall–Kier alpha value is -1.19. The molecule has 0 saturated heterocycles. The van der Waals surface area contributed by atoms with Crippen LogP contribution in [0.4, 0.5) is 0 Å². The Labute approximate surface area is 80.0 Å². The minimum atomic E-state index is -4.60. The van der Waals surface area contributed by atoms with Crippen LogP contribution in [0.5, 0.6) is 0 Å². The molecule has 0 aliphatic heterocycles. The number of carbonyl (C=O) groups excluding carboxylic acids is 1. The van der Waals surface area contributed by atoms with E-state index in [0.29, 0.717) is 0 Å². The molecule has 82 valence electrons. The third-order valence-electron chi connectivity index (χ3n) is 1.27. The number of rotatable bonds is 6. The van der Waals surface area contributed by atoms with E-state index in [9.17, 15) is 18.0 Å². The second-order valence-electron chi connectivity index (χ2n) is 2.49. The van der Waals surface area contributed by atoms with Crippen molar-refractivity contribution >= 4 is 22.2 Å². The predicted octanol–water partition coefficient (Wildman–Crippen LogP) is -1.90. The Balaban J connectivity index is 4.32. The van der Waals surface area contributed by atoms with E-state index in [2.05, 4.69) is 0 Å². The van der Waals surface area contributed by atoms with Gasteiger partial charge >= 0.3 is 16.3 Å². The number of carboxylic acids is 1. The van der Waals surface area contributed by atoms with Gasteiger partial charge in [0.1, 0.15) is 6.04 Å². The summed E-state index contributed by atoms with van der Waals surface area (Å²) in [5.74, 6) is -2.25. The van der Waals surface area contributed by atoms with Gasteiger partial charge in [-0.1, -0.05) is 0 Å². The monoisotopic (exact) mass is 226 g/mol. The molecule has 0 radical (unpaired) electrons. The Morgan fingerprint density at radius 1 is 1.43 bits per heavy atom. The Morgan fingerprint density at radius 2 is 1.93 bits per heavy atom. The molecule has 0 aromatic heterocycles. The van der Waals surface area contributed by atoms with Crippen LogP contribution in [-0.4, -0.2) is 36.0 Å². The quantitative estimate of drug-likeness (QED) is 0.389. The summed E-state index contributed by atoms with van der Waals surface area (Å²) in [6, 6.07) is -1.56. The van der Waals surface area contributed by atoms with Crippen LogP contribution in [-0.2, 0) is 19.9 Å². The van der Waals surface area contributed by atoms with Crippen LogP contribution in [0.2, 0.25) is 0 Å². The second kappa shape index (κ2) is 4.88. The van der Waals surface area contributed by atoms with E-state index in [-0.39, 0.29) is 12.8 Å². The molecule has 0 heterocycles. The molecular formula is C5H10N2O6S. The number of nitrogens with one attached hydrogen (secondary N) is 1. The first-order valence-corrected chi connectivity index (χ1v) is 4.92. The average molecular weight is 226 g/mol. The summed E-state index contributed by atoms with van der Waals surface area (Å²) in [7, 11) is -4.60. The standard InChI is InChI=1S/C5H10N2O6S/c6-4(8)2-1-3(5(9)10)7-14(11,12)13/h3,7H,1-2H2,(H2,6,8)(H,9,10)(H,11,12,13)/t3-/m0/s1. The number of carbonyl (C=O) groups is 2. The number of primary amides is 1. The predicted molar refractivity (Wildman–Crippen MR) is 44.5 cm³/mol. The van der Waals surface area contributed by atoms with Crippen molar-refractivity contribution < 1.29 is 27.7 Å². The maximum absolute atomic E-state index is 10.4. The summed E-state index contributed by atoms with van der Waals surface area (Å²) in [6.07, 6.45) is -0.607. The first-order chi connectivity index (χ1) is 6.22. The molecule has 0 saturated carbocycles. The number of amides is 1. The molecule has 1 amide bonds. The van der Waals surface area contributed by atoms with Gasteiger partial charge in [0.25, 0.3) is 0 Å². The van der Waals surface area contributed by atoms with E-state index < -0.39 is 28.2 Å². The van der Waals surface area contributed by atoms with Gasteiger partial charge in [0.2, 0.25) is 5.91 Å². The van der Waals surface area contributed by atoms with Crippen LogP contribution in [0.25, 0.3) is 0 Å². The number of nitrogens with two attached hydrogens (primary N) is 1. The van der Waals surface area contributed by atoms with Gasteiger partial charge in [-0.2, -0.15) is 13.1 Å². The molecule has 0 spiro atoms. The highest BCUT2D eigenvalue weighted by molar-refractivity contribution is 7.83. The van der Waals surface area contributed by atoms with E-state index in [1.807, 2.05) is 0 Å². The van der Waals surface area contributed by atoms with Crippen LogP contribution in [0.1, 0.15) is 12.8 Å². The van der Waals surface area contributed by atoms with E-state index in [4.69, 9.17) is 15.4 Å². The Morgan fingerprint density at radius 3 is 2.21 bits per heavy atom. The second-order valence-corrected chi connectivity index (χ2v) is 3.67. The third-order valence-corrected chi connectivity index (χ3v) is 1.85. The van der Waals surface area contributed by atoms with Gasteiger partial charge in [-0.05, 0) is 6.42 Å². The Bertz CT molecular complexity index is 323. The van der Waals surface area contributed by atoms with Crippen LogP contribution < -0.4 is 10.5 Å². The van der Waals surface area contributed by atoms with E-state index in [1.54, 1.807) is 0 Å². The average Bonchev–Trinajstić information content (AvgIpc) is 1.94. The molecule has 0 aliphatic rings. The van der Waals surface area contributed by atoms with Crippen molar-refractivity contribution in [2.45, 2.75) is 18.9 Å². The van der Waals surface area contributed by atoms with Gasteiger partial charge in [0, 0.05) is 6.42 Å². The maximum atomic E-state index is 10.4. The lowest BCUT2D eigenvalue weighted by Gasteiger charge is -2.10. The van der Waals surface area contributed by atoms with Crippen molar-refractivity contribution in [2.24, 2.45) is 5.73 Å². The molecule has 0 aliphatic carbocycles. The normalized spacial score (nSPS) is 13.5. The van der Waals surface area contributed by atoms with E-state index in [0.717, 1.165) is 0 Å². The first kappa shape index (κ1) is 12.8. The lowest BCUT2D eigenvalue weighted by atomic mass is 10.2. The summed E-state index contributed by atoms with van der Waals surface area (Å²) < 4.78 is 30.2. The molecule has 9 heteroatoms. The summed E-state index contributed by atoms with van der Waals surface area (Å²) in [4.78, 5) is 20.7. The van der Waals surface area contributed by atoms with Gasteiger partial charge in [-0.3, -0.25) is 14.1 Å². The lowest BCUT2D eigenvalue weighted by molar-refractivity contribution is -0.139. The molecule has 0 aromatic carbocycles. The summed E-state index contributed by atoms with van der Waals surface area (Å²) in [5.41, 5.74) is 4.73. The van der Waals surface area contributed by atoms with Crippen molar-refractivity contribution in [3.8, 4) is 0 Å². The smallest absolute Gasteiger partial charge is 0.334 e. The minimum Gasteiger partial charge on any atom is -0.480 e. The zero-order chi connectivity index (χ0) is 11.4. The van der Waals surface area contributed by atoms with Gasteiger partial charge in [0.05, 0.1) is 0 Å². The fourth-order valence-corrected chi connectivity index (χ4v) is 1.28. The molecule has 14 heavy (non-hydrogen) atoms. The first-order valence-electron chi connectivity index (χ1n) is 3.48. The van der Waals surface area contributed by atoms with Gasteiger partial charge in [-0.15, -0.1) is 0 Å². The highest BCUT2D eigenvalue weighted by Crippen LogP contribution is 1.98. The van der Waals surface area contributed by atoms with Gasteiger partial charge < -0.3 is 10.8 Å². The fourth-order valence-electron chi connectivity index (χ4n) is 0.699. The molecule has 5 N–H and O–H groups in total. The van der Waals surface area contributed by atoms with Gasteiger partial charge in [-0.25, -0.2) is 0 Å². The van der Waals surface area contributed by atoms with Gasteiger partial charge in [0.15, 0.2) is 0 Å². The van der Waals surface area contributed by atoms with Crippen LogP contribution in [0.15, 0.2) is 0 Å². The zero-order valence-corrected chi connectivity index (χ0v) is 7.82. The molecular weight excluding hydrogens is 216 g/mol. The Kier molecular flexibility index (Phi) is 4.47. The van der Waals surface area contributed by atoms with Crippen molar-refractivity contribution in [3.63, 3.8) is 0 Å². The SMILES string of the molecule is NC(=O)CC[C@H](NS(=O)(=O)O)C(=O)O. The molecule has 0 unspecified atom stereocenters. The largest absolute Gasteiger partial charge is 0.480 e. The van der Waals surface area contributed by atoms with Crippen LogP contribution in [0, 0.1) is 0 Å². The van der Waals surface area contributed by atoms with E-state index >= 15 is 0 Å². The highest BCUT2D eigenvalue weighted by Gasteiger charge is 2.22. The van der Waals surface area contributed by atoms with Crippen LogP contribution in [0.3, 0.4) is 0 Å². The highest BCUT2D eigenvalue weighted by atomic mass is 32.2. The van der Waals surface area contributed by atoms with Crippen molar-refractivity contribution in [1.82, 2.24) is 4.72 Å². The van der Waals surface area contributed by atoms with Crippen LogP contribution >= 0.6 is 0 Å². The summed E-state index contributed by atoms with van der Waals surface area (Å²) in [6.45, 7) is 0. The zero-order valence-electron chi connectivity index (χ0n) is 7.00. The summed E-state index contributed by atoms with van der Waals surface area (Å²) in [5, 5.41) is 8.46. The summed E-state index contributed by atoms with van der Waals surface area (Å²) >= 11 is 0. The molecule has 0 aromatic rings. The number of aliphatic carboxylic acids is 1. The molecule has 8 nitrogen and oxygen atoms in total. The van der Waals surface area contributed by atoms with Crippen molar-refractivity contribution in [2.75, 3.05) is 0 Å². The van der Waals surface area contributed by atoms with Crippen molar-refractivity contribution in [1.29, 1.82) is 0 Å². The fraction of sp³-hybridized carbons (Fsp3) is 0.600. The molecule has 1 atom stereocenters. The molecule has 0 rings (SSSR count). The van der Waals surface area contributed by atoms with E-state index in [1.165, 1.54) is 4.72 Å². The molecule has 0 fully saturated rings. The third kappa shape index (κ3) is 6.34.